The molecule has 1 N–H and O–H groups in total. The predicted molar refractivity (Wildman–Crippen MR) is 76.0 cm³/mol. The Kier molecular flexibility index (Phi) is 4.36. The lowest BCUT2D eigenvalue weighted by Gasteiger charge is -2.38. The molecule has 1 aromatic carbocycles. The maximum Gasteiger partial charge on any atom is 0.573 e. The first kappa shape index (κ1) is 17.6. The van der Waals surface area contributed by atoms with Crippen molar-refractivity contribution in [2.75, 3.05) is 0 Å². The number of alkyl halides is 3. The lowest BCUT2D eigenvalue weighted by Crippen LogP contribution is -2.38. The summed E-state index contributed by atoms with van der Waals surface area (Å²) in [5, 5.41) is 11.1. The highest BCUT2D eigenvalue weighted by Gasteiger charge is 2.52. The van der Waals surface area contributed by atoms with E-state index in [-0.39, 0.29) is 17.7 Å². The summed E-state index contributed by atoms with van der Waals surface area (Å²) in [6, 6.07) is 3.75. The van der Waals surface area contributed by atoms with Gasteiger partial charge in [0, 0.05) is 6.92 Å². The summed E-state index contributed by atoms with van der Waals surface area (Å²) in [7, 11) is 0. The average molecular weight is 332 g/mol. The molecule has 1 aliphatic carbocycles. The molecule has 4 nitrogen and oxygen atoms in total. The fourth-order valence-corrected chi connectivity index (χ4v) is 3.16. The first-order valence-corrected chi connectivity index (χ1v) is 7.26. The highest BCUT2D eigenvalue weighted by molar-refractivity contribution is 5.70. The van der Waals surface area contributed by atoms with Gasteiger partial charge in [0.25, 0.3) is 0 Å². The van der Waals surface area contributed by atoms with Gasteiger partial charge in [0.05, 0.1) is 5.56 Å². The molecule has 0 aromatic heterocycles. The van der Waals surface area contributed by atoms with Crippen molar-refractivity contribution >= 4 is 5.97 Å². The summed E-state index contributed by atoms with van der Waals surface area (Å²) in [4.78, 5) is 11.3. The Bertz CT molecular complexity index is 610. The molecule has 0 saturated heterocycles. The van der Waals surface area contributed by atoms with Gasteiger partial charge in [-0.3, -0.25) is 4.79 Å². The number of carbonyl (C=O) groups excluding carboxylic acids is 1. The van der Waals surface area contributed by atoms with E-state index in [9.17, 15) is 23.1 Å². The highest BCUT2D eigenvalue weighted by atomic mass is 19.4. The standard InChI is InChI=1S/C16H19F3O4/c1-10(20)22-11-6-4-7-12(23-16(17,18)19)13(11)15(21)9-5-8-14(15,2)3/h4,6-7,21H,5,8-9H2,1-3H3. The average Bonchev–Trinajstić information content (AvgIpc) is 2.61. The highest BCUT2D eigenvalue weighted by Crippen LogP contribution is 2.57. The van der Waals surface area contributed by atoms with E-state index < -0.39 is 29.1 Å². The van der Waals surface area contributed by atoms with Gasteiger partial charge >= 0.3 is 12.3 Å². The summed E-state index contributed by atoms with van der Waals surface area (Å²) in [5.74, 6) is -1.35. The molecule has 0 aliphatic heterocycles. The van der Waals surface area contributed by atoms with Crippen LogP contribution in [-0.2, 0) is 10.4 Å². The molecule has 128 valence electrons. The molecular formula is C16H19F3O4. The van der Waals surface area contributed by atoms with E-state index in [4.69, 9.17) is 4.74 Å². The van der Waals surface area contributed by atoms with Crippen LogP contribution in [-0.4, -0.2) is 17.4 Å². The molecule has 1 unspecified atom stereocenters. The van der Waals surface area contributed by atoms with Crippen molar-refractivity contribution in [1.82, 2.24) is 0 Å². The van der Waals surface area contributed by atoms with Crippen LogP contribution in [0.4, 0.5) is 13.2 Å². The molecule has 7 heteroatoms. The molecule has 1 atom stereocenters. The molecule has 0 bridgehead atoms. The molecule has 1 aromatic rings. The van der Waals surface area contributed by atoms with Gasteiger partial charge < -0.3 is 14.6 Å². The number of rotatable bonds is 3. The Morgan fingerprint density at radius 2 is 1.83 bits per heavy atom. The summed E-state index contributed by atoms with van der Waals surface area (Å²) in [5.41, 5.74) is -2.40. The van der Waals surface area contributed by atoms with E-state index in [0.717, 1.165) is 13.0 Å². The normalized spacial score (nSPS) is 23.6. The number of carbonyl (C=O) groups is 1. The first-order valence-electron chi connectivity index (χ1n) is 7.26. The van der Waals surface area contributed by atoms with Crippen LogP contribution < -0.4 is 9.47 Å². The first-order chi connectivity index (χ1) is 10.5. The van der Waals surface area contributed by atoms with Crippen molar-refractivity contribution < 1.29 is 32.5 Å². The van der Waals surface area contributed by atoms with Gasteiger partial charge in [-0.2, -0.15) is 0 Å². The number of benzene rings is 1. The zero-order valence-corrected chi connectivity index (χ0v) is 13.2. The predicted octanol–water partition coefficient (Wildman–Crippen LogP) is 3.91. The van der Waals surface area contributed by atoms with Gasteiger partial charge in [-0.15, -0.1) is 13.2 Å². The van der Waals surface area contributed by atoms with Crippen molar-refractivity contribution in [3.8, 4) is 11.5 Å². The molecule has 23 heavy (non-hydrogen) atoms. The van der Waals surface area contributed by atoms with Crippen molar-refractivity contribution in [1.29, 1.82) is 0 Å². The SMILES string of the molecule is CC(=O)Oc1cccc(OC(F)(F)F)c1C1(O)CCCC1(C)C. The monoisotopic (exact) mass is 332 g/mol. The molecule has 0 radical (unpaired) electrons. The van der Waals surface area contributed by atoms with Gasteiger partial charge in [-0.25, -0.2) is 0 Å². The third-order valence-corrected chi connectivity index (χ3v) is 4.34. The van der Waals surface area contributed by atoms with Gasteiger partial charge in [0.15, 0.2) is 0 Å². The summed E-state index contributed by atoms with van der Waals surface area (Å²) in [6.07, 6.45) is -3.39. The van der Waals surface area contributed by atoms with E-state index in [1.165, 1.54) is 12.1 Å². The molecule has 0 spiro atoms. The zero-order chi connectivity index (χ0) is 17.5. The Morgan fingerprint density at radius 3 is 2.30 bits per heavy atom. The van der Waals surface area contributed by atoms with Crippen LogP contribution in [0.25, 0.3) is 0 Å². The Labute approximate surface area is 132 Å². The maximum absolute atomic E-state index is 12.7. The second kappa shape index (κ2) is 5.70. The van der Waals surface area contributed by atoms with E-state index in [1.807, 2.05) is 0 Å². The van der Waals surface area contributed by atoms with E-state index >= 15 is 0 Å². The van der Waals surface area contributed by atoms with Crippen LogP contribution in [0.3, 0.4) is 0 Å². The van der Waals surface area contributed by atoms with E-state index in [0.29, 0.717) is 12.8 Å². The number of hydrogen-bond acceptors (Lipinski definition) is 4. The van der Waals surface area contributed by atoms with E-state index in [1.54, 1.807) is 13.8 Å². The minimum atomic E-state index is -4.91. The molecule has 1 saturated carbocycles. The molecule has 2 rings (SSSR count). The van der Waals surface area contributed by atoms with Crippen LogP contribution in [0, 0.1) is 5.41 Å². The number of ether oxygens (including phenoxy) is 2. The third kappa shape index (κ3) is 3.44. The Balaban J connectivity index is 2.64. The minimum Gasteiger partial charge on any atom is -0.426 e. The van der Waals surface area contributed by atoms with Gasteiger partial charge in [-0.05, 0) is 36.8 Å². The van der Waals surface area contributed by atoms with Crippen molar-refractivity contribution in [3.63, 3.8) is 0 Å². The van der Waals surface area contributed by atoms with Gasteiger partial charge in [0.1, 0.15) is 17.1 Å². The lowest BCUT2D eigenvalue weighted by molar-refractivity contribution is -0.275. The van der Waals surface area contributed by atoms with Crippen LogP contribution in [0.1, 0.15) is 45.6 Å². The minimum absolute atomic E-state index is 0.114. The van der Waals surface area contributed by atoms with Crippen LogP contribution in [0.5, 0.6) is 11.5 Å². The summed E-state index contributed by atoms with van der Waals surface area (Å²) < 4.78 is 47.2. The molecule has 0 amide bonds. The van der Waals surface area contributed by atoms with Crippen LogP contribution in [0.2, 0.25) is 0 Å². The number of halogens is 3. The number of aliphatic hydroxyl groups is 1. The fourth-order valence-electron chi connectivity index (χ4n) is 3.16. The van der Waals surface area contributed by atoms with Crippen LogP contribution >= 0.6 is 0 Å². The maximum atomic E-state index is 12.7. The topological polar surface area (TPSA) is 55.8 Å². The second-order valence-corrected chi connectivity index (χ2v) is 6.37. The van der Waals surface area contributed by atoms with Crippen LogP contribution in [0.15, 0.2) is 18.2 Å². The number of esters is 1. The third-order valence-electron chi connectivity index (χ3n) is 4.34. The van der Waals surface area contributed by atoms with Crippen molar-refractivity contribution in [3.05, 3.63) is 23.8 Å². The Hall–Kier alpha value is -1.76. The summed E-state index contributed by atoms with van der Waals surface area (Å²) in [6.45, 7) is 4.68. The molecular weight excluding hydrogens is 313 g/mol. The quantitative estimate of drug-likeness (QED) is 0.673. The lowest BCUT2D eigenvalue weighted by atomic mass is 9.73. The molecule has 1 fully saturated rings. The van der Waals surface area contributed by atoms with Crippen molar-refractivity contribution in [2.45, 2.75) is 52.0 Å². The fraction of sp³-hybridized carbons (Fsp3) is 0.562. The van der Waals surface area contributed by atoms with Crippen molar-refractivity contribution in [2.24, 2.45) is 5.41 Å². The molecule has 1 aliphatic rings. The van der Waals surface area contributed by atoms with E-state index in [2.05, 4.69) is 4.74 Å². The largest absolute Gasteiger partial charge is 0.573 e. The molecule has 0 heterocycles. The van der Waals surface area contributed by atoms with Gasteiger partial charge in [-0.1, -0.05) is 19.9 Å². The van der Waals surface area contributed by atoms with Gasteiger partial charge in [0.2, 0.25) is 0 Å². The second-order valence-electron chi connectivity index (χ2n) is 6.37. The summed E-state index contributed by atoms with van der Waals surface area (Å²) >= 11 is 0. The smallest absolute Gasteiger partial charge is 0.426 e. The number of hydrogen-bond donors (Lipinski definition) is 1. The Morgan fingerprint density at radius 1 is 1.22 bits per heavy atom. The zero-order valence-electron chi connectivity index (χ0n) is 13.2.